The minimum Gasteiger partial charge on any atom is -0.389 e. The summed E-state index contributed by atoms with van der Waals surface area (Å²) < 4.78 is 18.9. The first-order chi connectivity index (χ1) is 11.5. The number of benzene rings is 1. The van der Waals surface area contributed by atoms with Gasteiger partial charge in [-0.2, -0.15) is 0 Å². The second-order valence-corrected chi connectivity index (χ2v) is 6.59. The third kappa shape index (κ3) is 5.54. The fourth-order valence-electron chi connectivity index (χ4n) is 3.06. The van der Waals surface area contributed by atoms with Crippen molar-refractivity contribution in [2.75, 3.05) is 40.3 Å². The number of piperidine rings is 1. The van der Waals surface area contributed by atoms with Gasteiger partial charge in [0.15, 0.2) is 0 Å². The van der Waals surface area contributed by atoms with Crippen molar-refractivity contribution in [3.05, 3.63) is 35.6 Å². The van der Waals surface area contributed by atoms with Crippen molar-refractivity contribution in [3.63, 3.8) is 0 Å². The Morgan fingerprint density at radius 2 is 2.21 bits per heavy atom. The third-order valence-corrected chi connectivity index (χ3v) is 4.29. The van der Waals surface area contributed by atoms with Crippen LogP contribution in [0.1, 0.15) is 18.4 Å². The summed E-state index contributed by atoms with van der Waals surface area (Å²) in [5, 5.41) is 10.1. The molecule has 0 spiro atoms. The fraction of sp³-hybridized carbons (Fsp3) is 0.611. The van der Waals surface area contributed by atoms with Crippen molar-refractivity contribution < 1.29 is 19.0 Å². The van der Waals surface area contributed by atoms with Gasteiger partial charge in [-0.15, -0.1) is 0 Å². The Morgan fingerprint density at radius 1 is 1.46 bits per heavy atom. The Balaban J connectivity index is 1.73. The molecular weight excluding hydrogens is 311 g/mol. The molecule has 0 aliphatic carbocycles. The molecule has 0 saturated carbocycles. The first-order valence-electron chi connectivity index (χ1n) is 8.40. The van der Waals surface area contributed by atoms with Gasteiger partial charge >= 0.3 is 0 Å². The number of aliphatic hydroxyl groups excluding tert-OH is 1. The van der Waals surface area contributed by atoms with E-state index in [2.05, 4.69) is 4.90 Å². The molecule has 1 aromatic carbocycles. The quantitative estimate of drug-likeness (QED) is 0.819. The summed E-state index contributed by atoms with van der Waals surface area (Å²) in [5.41, 5.74) is 0.485. The molecule has 2 atom stereocenters. The molecule has 0 aromatic heterocycles. The SMILES string of the molecule is CN(C)C(=O)C1CCCN(CC(O)COCc2ccccc2F)C1. The summed E-state index contributed by atoms with van der Waals surface area (Å²) >= 11 is 0. The van der Waals surface area contributed by atoms with Gasteiger partial charge in [0, 0.05) is 32.7 Å². The average Bonchev–Trinajstić information content (AvgIpc) is 2.56. The van der Waals surface area contributed by atoms with Gasteiger partial charge in [0.2, 0.25) is 5.91 Å². The topological polar surface area (TPSA) is 53.0 Å². The van der Waals surface area contributed by atoms with Crippen LogP contribution >= 0.6 is 0 Å². The second-order valence-electron chi connectivity index (χ2n) is 6.59. The van der Waals surface area contributed by atoms with Gasteiger partial charge in [0.05, 0.1) is 25.2 Å². The van der Waals surface area contributed by atoms with Crippen LogP contribution in [-0.2, 0) is 16.1 Å². The van der Waals surface area contributed by atoms with Gasteiger partial charge in [-0.25, -0.2) is 4.39 Å². The lowest BCUT2D eigenvalue weighted by Gasteiger charge is -2.34. The maximum absolute atomic E-state index is 13.5. The highest BCUT2D eigenvalue weighted by molar-refractivity contribution is 5.78. The third-order valence-electron chi connectivity index (χ3n) is 4.29. The summed E-state index contributed by atoms with van der Waals surface area (Å²) in [6, 6.07) is 6.46. The number of carbonyl (C=O) groups is 1. The van der Waals surface area contributed by atoms with Crippen LogP contribution in [0.3, 0.4) is 0 Å². The zero-order chi connectivity index (χ0) is 17.5. The smallest absolute Gasteiger partial charge is 0.226 e. The standard InChI is InChI=1S/C18H27FN2O3/c1-20(2)18(23)14-7-5-9-21(10-14)11-16(22)13-24-12-15-6-3-4-8-17(15)19/h3-4,6,8,14,16,22H,5,7,9-13H2,1-2H3. The predicted molar refractivity (Wildman–Crippen MR) is 89.9 cm³/mol. The Labute approximate surface area is 143 Å². The van der Waals surface area contributed by atoms with Crippen molar-refractivity contribution >= 4 is 5.91 Å². The van der Waals surface area contributed by atoms with E-state index in [1.54, 1.807) is 37.2 Å². The normalized spacial score (nSPS) is 19.9. The molecule has 6 heteroatoms. The van der Waals surface area contributed by atoms with E-state index in [0.717, 1.165) is 19.4 Å². The molecule has 1 aliphatic rings. The van der Waals surface area contributed by atoms with E-state index >= 15 is 0 Å². The highest BCUT2D eigenvalue weighted by atomic mass is 19.1. The summed E-state index contributed by atoms with van der Waals surface area (Å²) in [6.45, 7) is 2.31. The number of ether oxygens (including phenoxy) is 1. The number of nitrogens with zero attached hydrogens (tertiary/aromatic N) is 2. The predicted octanol–water partition coefficient (Wildman–Crippen LogP) is 1.50. The molecule has 1 N–H and O–H groups in total. The Kier molecular flexibility index (Phi) is 7.15. The zero-order valence-corrected chi connectivity index (χ0v) is 14.4. The lowest BCUT2D eigenvalue weighted by Crippen LogP contribution is -2.45. The van der Waals surface area contributed by atoms with Crippen molar-refractivity contribution in [2.45, 2.75) is 25.6 Å². The van der Waals surface area contributed by atoms with Crippen molar-refractivity contribution in [1.29, 1.82) is 0 Å². The average molecular weight is 338 g/mol. The monoisotopic (exact) mass is 338 g/mol. The van der Waals surface area contributed by atoms with E-state index in [4.69, 9.17) is 4.74 Å². The van der Waals surface area contributed by atoms with Crippen LogP contribution < -0.4 is 0 Å². The van der Waals surface area contributed by atoms with Gasteiger partial charge in [-0.1, -0.05) is 18.2 Å². The lowest BCUT2D eigenvalue weighted by molar-refractivity contribution is -0.135. The van der Waals surface area contributed by atoms with E-state index in [1.165, 1.54) is 6.07 Å². The first-order valence-corrected chi connectivity index (χ1v) is 8.40. The molecule has 5 nitrogen and oxygen atoms in total. The number of rotatable bonds is 7. The van der Waals surface area contributed by atoms with Crippen LogP contribution in [0.4, 0.5) is 4.39 Å². The molecule has 134 valence electrons. The van der Waals surface area contributed by atoms with Crippen LogP contribution in [0.25, 0.3) is 0 Å². The van der Waals surface area contributed by atoms with Crippen LogP contribution in [0, 0.1) is 11.7 Å². The number of likely N-dealkylation sites (tertiary alicyclic amines) is 1. The largest absolute Gasteiger partial charge is 0.389 e. The van der Waals surface area contributed by atoms with Crippen molar-refractivity contribution in [2.24, 2.45) is 5.92 Å². The van der Waals surface area contributed by atoms with Gasteiger partial charge in [0.25, 0.3) is 0 Å². The Morgan fingerprint density at radius 3 is 2.92 bits per heavy atom. The van der Waals surface area contributed by atoms with Crippen LogP contribution in [0.15, 0.2) is 24.3 Å². The number of hydrogen-bond acceptors (Lipinski definition) is 4. The molecule has 1 heterocycles. The minimum absolute atomic E-state index is 0.000262. The molecule has 1 aromatic rings. The minimum atomic E-state index is -0.648. The van der Waals surface area contributed by atoms with Crippen LogP contribution in [0.2, 0.25) is 0 Å². The van der Waals surface area contributed by atoms with Crippen LogP contribution in [0.5, 0.6) is 0 Å². The fourth-order valence-corrected chi connectivity index (χ4v) is 3.06. The van der Waals surface area contributed by atoms with E-state index < -0.39 is 6.10 Å². The summed E-state index contributed by atoms with van der Waals surface area (Å²) in [7, 11) is 3.54. The molecule has 0 bridgehead atoms. The highest BCUT2D eigenvalue weighted by Gasteiger charge is 2.27. The van der Waals surface area contributed by atoms with E-state index in [9.17, 15) is 14.3 Å². The molecule has 0 radical (unpaired) electrons. The molecule has 1 aliphatic heterocycles. The number of halogens is 1. The summed E-state index contributed by atoms with van der Waals surface area (Å²) in [6.07, 6.45) is 1.20. The highest BCUT2D eigenvalue weighted by Crippen LogP contribution is 2.18. The first kappa shape index (κ1) is 18.8. The van der Waals surface area contributed by atoms with Gasteiger partial charge < -0.3 is 14.7 Å². The van der Waals surface area contributed by atoms with E-state index in [0.29, 0.717) is 18.7 Å². The number of β-amino-alcohol motifs (C(OH)–C–C–N with tert-alkyl or cyclic N) is 1. The molecule has 24 heavy (non-hydrogen) atoms. The molecule has 1 amide bonds. The number of amides is 1. The van der Waals surface area contributed by atoms with Crippen molar-refractivity contribution in [1.82, 2.24) is 9.80 Å². The zero-order valence-electron chi connectivity index (χ0n) is 14.4. The Hall–Kier alpha value is -1.50. The number of aliphatic hydroxyl groups is 1. The van der Waals surface area contributed by atoms with Gasteiger partial charge in [0.1, 0.15) is 5.82 Å². The summed E-state index contributed by atoms with van der Waals surface area (Å²) in [5.74, 6) is -0.154. The summed E-state index contributed by atoms with van der Waals surface area (Å²) in [4.78, 5) is 15.8. The number of carbonyl (C=O) groups excluding carboxylic acids is 1. The molecule has 1 saturated heterocycles. The maximum atomic E-state index is 13.5. The Bertz CT molecular complexity index is 539. The van der Waals surface area contributed by atoms with E-state index in [-0.39, 0.29) is 30.9 Å². The lowest BCUT2D eigenvalue weighted by atomic mass is 9.96. The second kappa shape index (κ2) is 9.11. The van der Waals surface area contributed by atoms with Gasteiger partial charge in [-0.05, 0) is 25.5 Å². The molecule has 2 rings (SSSR count). The van der Waals surface area contributed by atoms with E-state index in [1.807, 2.05) is 0 Å². The molecule has 1 fully saturated rings. The molecule has 2 unspecified atom stereocenters. The van der Waals surface area contributed by atoms with Gasteiger partial charge in [-0.3, -0.25) is 9.69 Å². The van der Waals surface area contributed by atoms with Crippen LogP contribution in [-0.4, -0.2) is 67.3 Å². The maximum Gasteiger partial charge on any atom is 0.226 e. The van der Waals surface area contributed by atoms with Crippen molar-refractivity contribution in [3.8, 4) is 0 Å². The molecular formula is C18H27FN2O3. The number of hydrogen-bond donors (Lipinski definition) is 1.